The second-order valence-corrected chi connectivity index (χ2v) is 8.72. The molecule has 1 amide bonds. The minimum absolute atomic E-state index is 0.00810. The van der Waals surface area contributed by atoms with Crippen LogP contribution in [0, 0.1) is 5.82 Å². The highest BCUT2D eigenvalue weighted by Crippen LogP contribution is 2.33. The van der Waals surface area contributed by atoms with Crippen LogP contribution in [0.5, 0.6) is 5.75 Å². The van der Waals surface area contributed by atoms with E-state index in [1.807, 2.05) is 18.2 Å². The fraction of sp³-hybridized carbons (Fsp3) is 0.348. The summed E-state index contributed by atoms with van der Waals surface area (Å²) in [6, 6.07) is 13.4. The number of carbonyl (C=O) groups excluding carboxylic acids is 1. The summed E-state index contributed by atoms with van der Waals surface area (Å²) in [6.45, 7) is 0. The zero-order chi connectivity index (χ0) is 21.8. The van der Waals surface area contributed by atoms with Gasteiger partial charge in [0.2, 0.25) is 5.91 Å². The summed E-state index contributed by atoms with van der Waals surface area (Å²) in [6.07, 6.45) is 3.37. The third kappa shape index (κ3) is 5.07. The number of halogens is 1. The predicted molar refractivity (Wildman–Crippen MR) is 119 cm³/mol. The molecule has 31 heavy (non-hydrogen) atoms. The van der Waals surface area contributed by atoms with Crippen molar-refractivity contribution >= 4 is 28.6 Å². The molecule has 0 radical (unpaired) electrons. The normalized spacial score (nSPS) is 18.7. The summed E-state index contributed by atoms with van der Waals surface area (Å²) in [5.74, 6) is 0.460. The zero-order valence-electron chi connectivity index (χ0n) is 17.0. The summed E-state index contributed by atoms with van der Waals surface area (Å²) in [4.78, 5) is 29.2. The molecule has 6 nitrogen and oxygen atoms in total. The van der Waals surface area contributed by atoms with Crippen molar-refractivity contribution < 1.29 is 13.9 Å². The maximum absolute atomic E-state index is 13.3. The summed E-state index contributed by atoms with van der Waals surface area (Å²) in [7, 11) is 0. The van der Waals surface area contributed by atoms with Crippen molar-refractivity contribution in [2.45, 2.75) is 49.4 Å². The Labute approximate surface area is 183 Å². The van der Waals surface area contributed by atoms with Crippen LogP contribution in [0.1, 0.15) is 38.1 Å². The number of hydrogen-bond acceptors (Lipinski definition) is 5. The molecular weight excluding hydrogens is 417 g/mol. The molecule has 4 rings (SSSR count). The number of amides is 1. The maximum atomic E-state index is 13.3. The first kappa shape index (κ1) is 21.4. The number of ether oxygens (including phenoxy) is 1. The van der Waals surface area contributed by atoms with Gasteiger partial charge in [0, 0.05) is 18.2 Å². The van der Waals surface area contributed by atoms with E-state index in [1.54, 1.807) is 22.8 Å². The predicted octanol–water partition coefficient (Wildman–Crippen LogP) is 4.07. The van der Waals surface area contributed by atoms with Crippen molar-refractivity contribution in [3.63, 3.8) is 0 Å². The molecule has 0 atom stereocenters. The fourth-order valence-electron chi connectivity index (χ4n) is 3.92. The van der Waals surface area contributed by atoms with Crippen molar-refractivity contribution in [3.8, 4) is 5.75 Å². The molecule has 0 unspecified atom stereocenters. The number of nitrogens with two attached hydrogens (primary N) is 1. The molecule has 2 aromatic carbocycles. The molecule has 3 aromatic rings. The van der Waals surface area contributed by atoms with E-state index in [0.717, 1.165) is 25.7 Å². The number of rotatable bonds is 7. The van der Waals surface area contributed by atoms with Crippen molar-refractivity contribution in [2.24, 2.45) is 5.73 Å². The van der Waals surface area contributed by atoms with E-state index < -0.39 is 0 Å². The van der Waals surface area contributed by atoms with Crippen LogP contribution in [0.2, 0.25) is 0 Å². The zero-order valence-corrected chi connectivity index (χ0v) is 17.8. The van der Waals surface area contributed by atoms with Crippen LogP contribution >= 0.6 is 11.8 Å². The molecular formula is C23H24FN3O3S. The van der Waals surface area contributed by atoms with Gasteiger partial charge in [-0.3, -0.25) is 14.2 Å². The van der Waals surface area contributed by atoms with Crippen LogP contribution in [-0.2, 0) is 4.79 Å². The molecule has 1 aliphatic rings. The van der Waals surface area contributed by atoms with E-state index in [2.05, 4.69) is 0 Å². The molecule has 1 aromatic heterocycles. The Balaban J connectivity index is 1.53. The van der Waals surface area contributed by atoms with Crippen molar-refractivity contribution in [1.29, 1.82) is 0 Å². The van der Waals surface area contributed by atoms with Crippen molar-refractivity contribution in [3.05, 3.63) is 64.7 Å². The van der Waals surface area contributed by atoms with Gasteiger partial charge in [0.25, 0.3) is 5.56 Å². The van der Waals surface area contributed by atoms with Gasteiger partial charge >= 0.3 is 0 Å². The third-order valence-electron chi connectivity index (χ3n) is 5.48. The lowest BCUT2D eigenvalue weighted by Crippen LogP contribution is -2.33. The summed E-state index contributed by atoms with van der Waals surface area (Å²) >= 11 is 1.39. The van der Waals surface area contributed by atoms with E-state index in [1.165, 1.54) is 23.9 Å². The Hall–Kier alpha value is -2.87. The maximum Gasteiger partial charge on any atom is 0.262 e. The molecule has 0 aliphatic heterocycles. The lowest BCUT2D eigenvalue weighted by molar-refractivity contribution is -0.117. The van der Waals surface area contributed by atoms with E-state index in [9.17, 15) is 14.0 Å². The average Bonchev–Trinajstić information content (AvgIpc) is 2.76. The highest BCUT2D eigenvalue weighted by molar-refractivity contribution is 7.99. The van der Waals surface area contributed by atoms with E-state index in [-0.39, 0.29) is 35.9 Å². The highest BCUT2D eigenvalue weighted by Gasteiger charge is 2.27. The van der Waals surface area contributed by atoms with Gasteiger partial charge in [-0.1, -0.05) is 23.9 Å². The van der Waals surface area contributed by atoms with Gasteiger partial charge < -0.3 is 10.5 Å². The van der Waals surface area contributed by atoms with Gasteiger partial charge in [-0.05, 0) is 62.1 Å². The summed E-state index contributed by atoms with van der Waals surface area (Å²) < 4.78 is 20.9. The number of aromatic nitrogens is 2. The Bertz CT molecular complexity index is 1130. The topological polar surface area (TPSA) is 87.2 Å². The quantitative estimate of drug-likeness (QED) is 0.441. The first-order valence-electron chi connectivity index (χ1n) is 10.4. The first-order chi connectivity index (χ1) is 15.0. The lowest BCUT2D eigenvalue weighted by atomic mass is 9.92. The monoisotopic (exact) mass is 441 g/mol. The number of hydrogen-bond donors (Lipinski definition) is 1. The molecule has 0 bridgehead atoms. The number of benzene rings is 2. The average molecular weight is 442 g/mol. The Morgan fingerprint density at radius 1 is 1.13 bits per heavy atom. The lowest BCUT2D eigenvalue weighted by Gasteiger charge is -2.31. The van der Waals surface area contributed by atoms with Crippen LogP contribution < -0.4 is 16.0 Å². The molecule has 1 aliphatic carbocycles. The van der Waals surface area contributed by atoms with Gasteiger partial charge in [-0.25, -0.2) is 9.37 Å². The number of thioether (sulfide) groups is 1. The van der Waals surface area contributed by atoms with Gasteiger partial charge in [-0.15, -0.1) is 0 Å². The van der Waals surface area contributed by atoms with E-state index in [4.69, 9.17) is 15.5 Å². The highest BCUT2D eigenvalue weighted by atomic mass is 32.2. The first-order valence-corrected chi connectivity index (χ1v) is 11.3. The van der Waals surface area contributed by atoms with Crippen LogP contribution in [0.4, 0.5) is 4.39 Å². The van der Waals surface area contributed by atoms with Crippen LogP contribution in [0.3, 0.4) is 0 Å². The van der Waals surface area contributed by atoms with E-state index >= 15 is 0 Å². The van der Waals surface area contributed by atoms with Crippen molar-refractivity contribution in [1.82, 2.24) is 9.55 Å². The summed E-state index contributed by atoms with van der Waals surface area (Å²) in [5, 5.41) is 1.21. The molecule has 0 spiro atoms. The molecule has 2 N–H and O–H groups in total. The minimum atomic E-state index is -0.374. The summed E-state index contributed by atoms with van der Waals surface area (Å²) in [5.41, 5.74) is 5.86. The van der Waals surface area contributed by atoms with Crippen LogP contribution in [0.25, 0.3) is 10.9 Å². The largest absolute Gasteiger partial charge is 0.490 e. The Kier molecular flexibility index (Phi) is 6.56. The molecule has 162 valence electrons. The van der Waals surface area contributed by atoms with Gasteiger partial charge in [0.05, 0.1) is 17.0 Å². The van der Waals surface area contributed by atoms with Gasteiger partial charge in [0.15, 0.2) is 5.16 Å². The van der Waals surface area contributed by atoms with Gasteiger partial charge in [-0.2, -0.15) is 0 Å². The Morgan fingerprint density at radius 3 is 2.55 bits per heavy atom. The molecule has 8 heteroatoms. The van der Waals surface area contributed by atoms with E-state index in [0.29, 0.717) is 27.6 Å². The Morgan fingerprint density at radius 2 is 1.84 bits per heavy atom. The SMILES string of the molecule is NC(=O)CCSc1nc2ccccc2c(=O)n1C1CCC(Oc2ccc(F)cc2)CC1. The van der Waals surface area contributed by atoms with Crippen LogP contribution in [-0.4, -0.2) is 27.3 Å². The third-order valence-corrected chi connectivity index (χ3v) is 6.43. The van der Waals surface area contributed by atoms with Crippen molar-refractivity contribution in [2.75, 3.05) is 5.75 Å². The standard InChI is InChI=1S/C23H24FN3O3S/c24-15-5-9-17(10-6-15)30-18-11-7-16(8-12-18)27-22(29)19-3-1-2-4-20(19)26-23(27)31-14-13-21(25)28/h1-6,9-10,16,18H,7-8,11-14H2,(H2,25,28). The smallest absolute Gasteiger partial charge is 0.262 e. The molecule has 1 saturated carbocycles. The number of primary amides is 1. The van der Waals surface area contributed by atoms with Crippen LogP contribution in [0.15, 0.2) is 58.5 Å². The van der Waals surface area contributed by atoms with Gasteiger partial charge in [0.1, 0.15) is 11.6 Å². The molecule has 1 fully saturated rings. The molecule has 1 heterocycles. The second-order valence-electron chi connectivity index (χ2n) is 7.65. The minimum Gasteiger partial charge on any atom is -0.490 e. The number of carbonyl (C=O) groups is 1. The second kappa shape index (κ2) is 9.51. The fourth-order valence-corrected chi connectivity index (χ4v) is 4.94. The number of fused-ring (bicyclic) bond motifs is 1. The molecule has 0 saturated heterocycles. The number of para-hydroxylation sites is 1. The number of nitrogens with zero attached hydrogens (tertiary/aromatic N) is 2.